The SMILES string of the molecule is COC(=O)c1c(C(F)(F)F)c(C2CCC2)nn1CC1(C)CC(F)(F)C1. The summed E-state index contributed by atoms with van der Waals surface area (Å²) in [5, 5.41) is 4.03. The molecule has 0 spiro atoms. The Balaban J connectivity index is 2.05. The molecule has 2 saturated carbocycles. The quantitative estimate of drug-likeness (QED) is 0.586. The lowest BCUT2D eigenvalue weighted by atomic mass is 9.67. The Bertz CT molecular complexity index is 683. The third-order valence-corrected chi connectivity index (χ3v) is 5.04. The summed E-state index contributed by atoms with van der Waals surface area (Å²) >= 11 is 0. The van der Waals surface area contributed by atoms with Crippen molar-refractivity contribution in [2.24, 2.45) is 5.41 Å². The number of halogens is 5. The molecule has 0 aromatic carbocycles. The van der Waals surface area contributed by atoms with E-state index in [1.54, 1.807) is 6.92 Å². The van der Waals surface area contributed by atoms with Crippen molar-refractivity contribution in [2.75, 3.05) is 7.11 Å². The number of carbonyl (C=O) groups is 1. The van der Waals surface area contributed by atoms with Crippen LogP contribution in [-0.2, 0) is 17.5 Å². The molecule has 0 atom stereocenters. The van der Waals surface area contributed by atoms with Crippen LogP contribution in [0.1, 0.15) is 66.7 Å². The highest BCUT2D eigenvalue weighted by Gasteiger charge is 2.55. The summed E-state index contributed by atoms with van der Waals surface area (Å²) in [7, 11) is 0.988. The van der Waals surface area contributed by atoms with Gasteiger partial charge in [-0.2, -0.15) is 18.3 Å². The minimum atomic E-state index is -4.77. The van der Waals surface area contributed by atoms with Gasteiger partial charge in [-0.25, -0.2) is 13.6 Å². The van der Waals surface area contributed by atoms with Crippen molar-refractivity contribution >= 4 is 5.97 Å². The van der Waals surface area contributed by atoms with Gasteiger partial charge in [-0.15, -0.1) is 0 Å². The van der Waals surface area contributed by atoms with Gasteiger partial charge >= 0.3 is 12.1 Å². The summed E-state index contributed by atoms with van der Waals surface area (Å²) in [6, 6.07) is 0. The Morgan fingerprint density at radius 2 is 1.92 bits per heavy atom. The number of carbonyl (C=O) groups excluding carboxylic acids is 1. The summed E-state index contributed by atoms with van der Waals surface area (Å²) in [5.41, 5.74) is -2.85. The second-order valence-corrected chi connectivity index (χ2v) is 7.40. The van der Waals surface area contributed by atoms with Crippen LogP contribution in [-0.4, -0.2) is 28.8 Å². The van der Waals surface area contributed by atoms with Crippen molar-refractivity contribution in [3.05, 3.63) is 17.0 Å². The van der Waals surface area contributed by atoms with Gasteiger partial charge in [-0.1, -0.05) is 13.3 Å². The van der Waals surface area contributed by atoms with E-state index in [1.165, 1.54) is 0 Å². The zero-order valence-electron chi connectivity index (χ0n) is 13.9. The third-order valence-electron chi connectivity index (χ3n) is 5.04. The molecule has 2 fully saturated rings. The number of hydrogen-bond acceptors (Lipinski definition) is 3. The highest BCUT2D eigenvalue weighted by Crippen LogP contribution is 2.53. The largest absolute Gasteiger partial charge is 0.464 e. The van der Waals surface area contributed by atoms with Gasteiger partial charge in [-0.05, 0) is 18.3 Å². The lowest BCUT2D eigenvalue weighted by Gasteiger charge is -2.44. The summed E-state index contributed by atoms with van der Waals surface area (Å²) in [6.45, 7) is 1.38. The van der Waals surface area contributed by atoms with Gasteiger partial charge in [0.15, 0.2) is 5.69 Å². The maximum Gasteiger partial charge on any atom is 0.420 e. The molecule has 1 aromatic rings. The first-order chi connectivity index (χ1) is 11.5. The lowest BCUT2D eigenvalue weighted by Crippen LogP contribution is -2.47. The van der Waals surface area contributed by atoms with Gasteiger partial charge in [0.1, 0.15) is 5.56 Å². The maximum absolute atomic E-state index is 13.6. The molecule has 0 aliphatic heterocycles. The van der Waals surface area contributed by atoms with Crippen molar-refractivity contribution in [1.29, 1.82) is 0 Å². The number of rotatable bonds is 4. The number of hydrogen-bond donors (Lipinski definition) is 0. The van der Waals surface area contributed by atoms with E-state index in [0.717, 1.165) is 18.2 Å². The van der Waals surface area contributed by atoms with Crippen molar-refractivity contribution in [1.82, 2.24) is 9.78 Å². The van der Waals surface area contributed by atoms with Crippen LogP contribution >= 0.6 is 0 Å². The van der Waals surface area contributed by atoms with E-state index in [4.69, 9.17) is 0 Å². The first-order valence-electron chi connectivity index (χ1n) is 8.10. The van der Waals surface area contributed by atoms with Crippen molar-refractivity contribution in [3.63, 3.8) is 0 Å². The van der Waals surface area contributed by atoms with Crippen LogP contribution < -0.4 is 0 Å². The van der Waals surface area contributed by atoms with Gasteiger partial charge in [0.05, 0.1) is 12.8 Å². The summed E-state index contributed by atoms with van der Waals surface area (Å²) in [6.07, 6.45) is -3.73. The Kier molecular flexibility index (Phi) is 4.11. The van der Waals surface area contributed by atoms with E-state index in [-0.39, 0.29) is 18.2 Å². The number of alkyl halides is 5. The molecule has 0 radical (unpaired) electrons. The smallest absolute Gasteiger partial charge is 0.420 e. The Labute approximate surface area is 141 Å². The van der Waals surface area contributed by atoms with E-state index in [9.17, 15) is 26.7 Å². The molecule has 140 valence electrons. The normalized spacial score (nSPS) is 22.2. The standard InChI is InChI=1S/C16H19F5N2O2/c1-14(6-15(17,18)7-14)8-23-12(13(24)25-2)10(16(19,20)21)11(22-23)9-4-3-5-9/h9H,3-8H2,1-2H3. The van der Waals surface area contributed by atoms with Gasteiger partial charge in [0.2, 0.25) is 5.92 Å². The molecule has 0 amide bonds. The number of esters is 1. The second-order valence-electron chi connectivity index (χ2n) is 7.40. The van der Waals surface area contributed by atoms with Crippen LogP contribution in [0.25, 0.3) is 0 Å². The first kappa shape index (κ1) is 18.1. The first-order valence-corrected chi connectivity index (χ1v) is 8.10. The summed E-state index contributed by atoms with van der Waals surface area (Å²) in [4.78, 5) is 12.0. The minimum Gasteiger partial charge on any atom is -0.464 e. The van der Waals surface area contributed by atoms with Crippen LogP contribution in [0.2, 0.25) is 0 Å². The molecule has 3 rings (SSSR count). The van der Waals surface area contributed by atoms with Gasteiger partial charge in [-0.3, -0.25) is 4.68 Å². The fourth-order valence-corrected chi connectivity index (χ4v) is 3.82. The summed E-state index contributed by atoms with van der Waals surface area (Å²) in [5.74, 6) is -4.34. The molecule has 2 aliphatic carbocycles. The van der Waals surface area contributed by atoms with Crippen molar-refractivity contribution in [2.45, 2.75) is 63.6 Å². The van der Waals surface area contributed by atoms with Crippen LogP contribution in [0.4, 0.5) is 22.0 Å². The Morgan fingerprint density at radius 3 is 2.32 bits per heavy atom. The zero-order valence-corrected chi connectivity index (χ0v) is 13.9. The molecule has 0 saturated heterocycles. The Morgan fingerprint density at radius 1 is 1.32 bits per heavy atom. The predicted octanol–water partition coefficient (Wildman–Crippen LogP) is 4.39. The fraction of sp³-hybridized carbons (Fsp3) is 0.750. The number of nitrogens with zero attached hydrogens (tertiary/aromatic N) is 2. The van der Waals surface area contributed by atoms with Crippen LogP contribution in [0.5, 0.6) is 0 Å². The topological polar surface area (TPSA) is 44.1 Å². The molecule has 2 aliphatic rings. The monoisotopic (exact) mass is 366 g/mol. The highest BCUT2D eigenvalue weighted by molar-refractivity contribution is 5.89. The second kappa shape index (κ2) is 5.67. The molecule has 1 heterocycles. The highest BCUT2D eigenvalue weighted by atomic mass is 19.4. The predicted molar refractivity (Wildman–Crippen MR) is 77.4 cm³/mol. The molecular weight excluding hydrogens is 347 g/mol. The summed E-state index contributed by atoms with van der Waals surface area (Å²) < 4.78 is 72.7. The fourth-order valence-electron chi connectivity index (χ4n) is 3.82. The van der Waals surface area contributed by atoms with E-state index in [2.05, 4.69) is 9.84 Å². The minimum absolute atomic E-state index is 0.172. The van der Waals surface area contributed by atoms with Crippen LogP contribution in [0.3, 0.4) is 0 Å². The molecule has 25 heavy (non-hydrogen) atoms. The molecule has 9 heteroatoms. The zero-order chi connectivity index (χ0) is 18.6. The van der Waals surface area contributed by atoms with Crippen LogP contribution in [0, 0.1) is 5.41 Å². The van der Waals surface area contributed by atoms with Crippen molar-refractivity contribution in [3.8, 4) is 0 Å². The lowest BCUT2D eigenvalue weighted by molar-refractivity contribution is -0.160. The average Bonchev–Trinajstić information content (AvgIpc) is 2.71. The van der Waals surface area contributed by atoms with E-state index >= 15 is 0 Å². The van der Waals surface area contributed by atoms with E-state index in [1.807, 2.05) is 0 Å². The molecule has 0 unspecified atom stereocenters. The maximum atomic E-state index is 13.6. The van der Waals surface area contributed by atoms with Crippen LogP contribution in [0.15, 0.2) is 0 Å². The number of ether oxygens (including phenoxy) is 1. The molecular formula is C16H19F5N2O2. The van der Waals surface area contributed by atoms with Gasteiger partial charge in [0.25, 0.3) is 0 Å². The van der Waals surface area contributed by atoms with Gasteiger partial charge in [0, 0.05) is 25.3 Å². The number of methoxy groups -OCH3 is 1. The van der Waals surface area contributed by atoms with E-state index < -0.39 is 47.6 Å². The molecule has 0 N–H and O–H groups in total. The van der Waals surface area contributed by atoms with Gasteiger partial charge < -0.3 is 4.74 Å². The number of aromatic nitrogens is 2. The average molecular weight is 366 g/mol. The molecule has 0 bridgehead atoms. The molecule has 1 aromatic heterocycles. The third kappa shape index (κ3) is 3.25. The van der Waals surface area contributed by atoms with E-state index in [0.29, 0.717) is 12.8 Å². The Hall–Kier alpha value is -1.67. The molecule has 4 nitrogen and oxygen atoms in total. The van der Waals surface area contributed by atoms with Crippen molar-refractivity contribution < 1.29 is 31.5 Å².